The van der Waals surface area contributed by atoms with E-state index >= 15 is 0 Å². The Bertz CT molecular complexity index is 783. The molecule has 1 fully saturated rings. The lowest BCUT2D eigenvalue weighted by Gasteiger charge is -2.29. The number of aromatic carboxylic acids is 1. The molecular formula is C19H20N2O4. The largest absolute Gasteiger partial charge is 0.496 e. The van der Waals surface area contributed by atoms with Gasteiger partial charge in [0.15, 0.2) is 0 Å². The summed E-state index contributed by atoms with van der Waals surface area (Å²) in [6, 6.07) is 12.5. The molecule has 130 valence electrons. The van der Waals surface area contributed by atoms with Crippen molar-refractivity contribution in [3.63, 3.8) is 0 Å². The molecule has 1 N–H and O–H groups in total. The third kappa shape index (κ3) is 4.16. The predicted molar refractivity (Wildman–Crippen MR) is 96.7 cm³/mol. The lowest BCUT2D eigenvalue weighted by Crippen LogP contribution is -2.36. The fourth-order valence-corrected chi connectivity index (χ4v) is 2.69. The molecule has 2 aromatic rings. The summed E-state index contributed by atoms with van der Waals surface area (Å²) in [6.07, 6.45) is 1.68. The Morgan fingerprint density at radius 1 is 1.24 bits per heavy atom. The minimum atomic E-state index is -0.968. The number of rotatable bonds is 5. The number of hydrogen-bond acceptors (Lipinski definition) is 5. The van der Waals surface area contributed by atoms with Crippen LogP contribution in [0.5, 0.6) is 5.75 Å². The van der Waals surface area contributed by atoms with Crippen molar-refractivity contribution < 1.29 is 19.4 Å². The molecule has 2 aromatic carbocycles. The number of anilines is 1. The van der Waals surface area contributed by atoms with Gasteiger partial charge >= 0.3 is 5.97 Å². The van der Waals surface area contributed by atoms with Crippen LogP contribution < -0.4 is 9.64 Å². The standard InChI is InChI=1S/C19H20N2O4/c1-24-18-12-17(21-7-9-25-10-8-21)6-5-15(18)13-20-16-4-2-3-14(11-16)19(22)23/h2-6,11-13H,7-10H2,1H3,(H,22,23). The van der Waals surface area contributed by atoms with Crippen molar-refractivity contribution in [1.29, 1.82) is 0 Å². The van der Waals surface area contributed by atoms with Crippen LogP contribution in [0.4, 0.5) is 11.4 Å². The number of carboxylic acids is 1. The van der Waals surface area contributed by atoms with Crippen LogP contribution in [0, 0.1) is 0 Å². The zero-order chi connectivity index (χ0) is 17.6. The summed E-state index contributed by atoms with van der Waals surface area (Å²) in [6.45, 7) is 3.17. The van der Waals surface area contributed by atoms with Crippen molar-refractivity contribution in [3.8, 4) is 5.75 Å². The number of methoxy groups -OCH3 is 1. The molecule has 25 heavy (non-hydrogen) atoms. The summed E-state index contributed by atoms with van der Waals surface area (Å²) in [7, 11) is 1.63. The zero-order valence-electron chi connectivity index (χ0n) is 14.0. The van der Waals surface area contributed by atoms with Crippen molar-refractivity contribution in [2.45, 2.75) is 0 Å². The van der Waals surface area contributed by atoms with Gasteiger partial charge in [0.25, 0.3) is 0 Å². The Hall–Kier alpha value is -2.86. The smallest absolute Gasteiger partial charge is 0.335 e. The summed E-state index contributed by atoms with van der Waals surface area (Å²) >= 11 is 0. The van der Waals surface area contributed by atoms with E-state index in [9.17, 15) is 4.79 Å². The number of nitrogens with zero attached hydrogens (tertiary/aromatic N) is 2. The van der Waals surface area contributed by atoms with Gasteiger partial charge in [0, 0.05) is 36.6 Å². The number of carboxylic acid groups (broad SMARTS) is 1. The number of carbonyl (C=O) groups is 1. The first-order valence-corrected chi connectivity index (χ1v) is 8.05. The molecule has 1 aliphatic heterocycles. The van der Waals surface area contributed by atoms with Crippen molar-refractivity contribution in [2.75, 3.05) is 38.3 Å². The van der Waals surface area contributed by atoms with Gasteiger partial charge in [-0.1, -0.05) is 6.07 Å². The van der Waals surface area contributed by atoms with Gasteiger partial charge in [-0.3, -0.25) is 4.99 Å². The molecule has 0 amide bonds. The van der Waals surface area contributed by atoms with Crippen LogP contribution in [0.15, 0.2) is 47.5 Å². The number of ether oxygens (including phenoxy) is 2. The molecule has 1 saturated heterocycles. The quantitative estimate of drug-likeness (QED) is 0.847. The SMILES string of the molecule is COc1cc(N2CCOCC2)ccc1C=Nc1cccc(C(=O)O)c1. The third-order valence-corrected chi connectivity index (χ3v) is 4.04. The van der Waals surface area contributed by atoms with E-state index in [1.807, 2.05) is 18.2 Å². The number of hydrogen-bond donors (Lipinski definition) is 1. The monoisotopic (exact) mass is 340 g/mol. The molecule has 1 aliphatic rings. The molecule has 1 heterocycles. The fourth-order valence-electron chi connectivity index (χ4n) is 2.69. The highest BCUT2D eigenvalue weighted by Crippen LogP contribution is 2.26. The summed E-state index contributed by atoms with van der Waals surface area (Å²) < 4.78 is 10.9. The fraction of sp³-hybridized carbons (Fsp3) is 0.263. The van der Waals surface area contributed by atoms with Crippen LogP contribution in [0.2, 0.25) is 0 Å². The second-order valence-corrected chi connectivity index (χ2v) is 5.64. The normalized spacial score (nSPS) is 14.7. The van der Waals surface area contributed by atoms with Gasteiger partial charge < -0.3 is 19.5 Å². The van der Waals surface area contributed by atoms with Gasteiger partial charge in [0.2, 0.25) is 0 Å². The summed E-state index contributed by atoms with van der Waals surface area (Å²) in [5, 5.41) is 9.05. The molecule has 6 heteroatoms. The molecule has 0 atom stereocenters. The Kier molecular flexibility index (Phi) is 5.30. The van der Waals surface area contributed by atoms with E-state index in [0.717, 1.165) is 43.3 Å². The van der Waals surface area contributed by atoms with Crippen LogP contribution >= 0.6 is 0 Å². The van der Waals surface area contributed by atoms with Crippen molar-refractivity contribution in [2.24, 2.45) is 4.99 Å². The first-order valence-electron chi connectivity index (χ1n) is 8.05. The van der Waals surface area contributed by atoms with Crippen LogP contribution in [-0.4, -0.2) is 50.7 Å². The molecule has 6 nitrogen and oxygen atoms in total. The van der Waals surface area contributed by atoms with E-state index in [2.05, 4.69) is 9.89 Å². The maximum absolute atomic E-state index is 11.0. The average Bonchev–Trinajstić information content (AvgIpc) is 2.67. The Balaban J connectivity index is 1.82. The van der Waals surface area contributed by atoms with Gasteiger partial charge in [0.05, 0.1) is 31.6 Å². The van der Waals surface area contributed by atoms with E-state index in [0.29, 0.717) is 5.69 Å². The van der Waals surface area contributed by atoms with E-state index < -0.39 is 5.97 Å². The lowest BCUT2D eigenvalue weighted by atomic mass is 10.1. The second-order valence-electron chi connectivity index (χ2n) is 5.64. The molecule has 0 bridgehead atoms. The molecule has 3 rings (SSSR count). The lowest BCUT2D eigenvalue weighted by molar-refractivity contribution is 0.0697. The summed E-state index contributed by atoms with van der Waals surface area (Å²) in [5.74, 6) is -0.244. The van der Waals surface area contributed by atoms with E-state index in [1.54, 1.807) is 31.5 Å². The van der Waals surface area contributed by atoms with Crippen LogP contribution in [0.25, 0.3) is 0 Å². The van der Waals surface area contributed by atoms with Crippen molar-refractivity contribution in [1.82, 2.24) is 0 Å². The van der Waals surface area contributed by atoms with Crippen molar-refractivity contribution >= 4 is 23.6 Å². The maximum Gasteiger partial charge on any atom is 0.335 e. The van der Waals surface area contributed by atoms with E-state index in [-0.39, 0.29) is 5.56 Å². The maximum atomic E-state index is 11.0. The third-order valence-electron chi connectivity index (χ3n) is 4.04. The Morgan fingerprint density at radius 3 is 2.76 bits per heavy atom. The summed E-state index contributed by atoms with van der Waals surface area (Å²) in [4.78, 5) is 17.7. The molecule has 0 radical (unpaired) electrons. The van der Waals surface area contributed by atoms with Gasteiger partial charge in [-0.05, 0) is 30.3 Å². The minimum Gasteiger partial charge on any atom is -0.496 e. The summed E-state index contributed by atoms with van der Waals surface area (Å²) in [5.41, 5.74) is 2.72. The molecule has 0 aliphatic carbocycles. The first-order chi connectivity index (χ1) is 12.2. The molecule has 0 saturated carbocycles. The average molecular weight is 340 g/mol. The topological polar surface area (TPSA) is 71.4 Å². The highest BCUT2D eigenvalue weighted by molar-refractivity contribution is 5.90. The van der Waals surface area contributed by atoms with E-state index in [4.69, 9.17) is 14.6 Å². The highest BCUT2D eigenvalue weighted by Gasteiger charge is 2.13. The van der Waals surface area contributed by atoms with Crippen molar-refractivity contribution in [3.05, 3.63) is 53.6 Å². The van der Waals surface area contributed by atoms with Gasteiger partial charge in [-0.25, -0.2) is 4.79 Å². The van der Waals surface area contributed by atoms with Crippen LogP contribution in [0.1, 0.15) is 15.9 Å². The number of benzene rings is 2. The Morgan fingerprint density at radius 2 is 2.04 bits per heavy atom. The molecule has 0 aromatic heterocycles. The number of morpholine rings is 1. The number of aliphatic imine (C=N–C) groups is 1. The zero-order valence-corrected chi connectivity index (χ0v) is 14.0. The molecule has 0 unspecified atom stereocenters. The van der Waals surface area contributed by atoms with E-state index in [1.165, 1.54) is 6.07 Å². The van der Waals surface area contributed by atoms with Crippen LogP contribution in [0.3, 0.4) is 0 Å². The molecule has 0 spiro atoms. The first kappa shape index (κ1) is 17.0. The highest BCUT2D eigenvalue weighted by atomic mass is 16.5. The molecular weight excluding hydrogens is 320 g/mol. The van der Waals surface area contributed by atoms with Gasteiger partial charge in [-0.15, -0.1) is 0 Å². The second kappa shape index (κ2) is 7.81. The van der Waals surface area contributed by atoms with Crippen LogP contribution in [-0.2, 0) is 4.74 Å². The minimum absolute atomic E-state index is 0.212. The predicted octanol–water partition coefficient (Wildman–Crippen LogP) is 2.98. The van der Waals surface area contributed by atoms with Gasteiger partial charge in [0.1, 0.15) is 5.75 Å². The van der Waals surface area contributed by atoms with Gasteiger partial charge in [-0.2, -0.15) is 0 Å². The Labute approximate surface area is 146 Å².